The second-order valence-electron chi connectivity index (χ2n) is 4.82. The number of para-hydroxylation sites is 1. The van der Waals surface area contributed by atoms with E-state index in [1.807, 2.05) is 6.92 Å². The summed E-state index contributed by atoms with van der Waals surface area (Å²) in [5.41, 5.74) is 0.578. The van der Waals surface area contributed by atoms with Gasteiger partial charge in [-0.2, -0.15) is 0 Å². The van der Waals surface area contributed by atoms with Gasteiger partial charge >= 0.3 is 0 Å². The number of benzene rings is 1. The van der Waals surface area contributed by atoms with Crippen molar-refractivity contribution in [3.63, 3.8) is 0 Å². The number of hydrogen-bond donors (Lipinski definition) is 2. The Hall–Kier alpha value is -1.38. The number of nitrogens with one attached hydrogen (secondary N) is 2. The minimum absolute atomic E-state index is 0.186. The van der Waals surface area contributed by atoms with Gasteiger partial charge in [0.2, 0.25) is 0 Å². The molecule has 2 rings (SSSR count). The van der Waals surface area contributed by atoms with Crippen LogP contribution in [-0.4, -0.2) is 20.9 Å². The third-order valence-corrected chi connectivity index (χ3v) is 6.53. The van der Waals surface area contributed by atoms with Crippen molar-refractivity contribution in [3.8, 4) is 0 Å². The molecule has 0 aliphatic carbocycles. The van der Waals surface area contributed by atoms with Gasteiger partial charge in [0.1, 0.15) is 4.21 Å². The van der Waals surface area contributed by atoms with Gasteiger partial charge in [-0.25, -0.2) is 8.42 Å². The smallest absolute Gasteiger partial charge is 0.271 e. The Morgan fingerprint density at radius 2 is 1.96 bits per heavy atom. The SMILES string of the molecule is CCCCNC(=O)c1ccccc1NS(=O)(=O)c1ccc(Br)s1. The van der Waals surface area contributed by atoms with E-state index in [2.05, 4.69) is 26.0 Å². The maximum absolute atomic E-state index is 12.4. The molecular weight excluding hydrogens is 400 g/mol. The highest BCUT2D eigenvalue weighted by molar-refractivity contribution is 9.11. The Morgan fingerprint density at radius 3 is 2.61 bits per heavy atom. The summed E-state index contributed by atoms with van der Waals surface area (Å²) in [4.78, 5) is 12.2. The van der Waals surface area contributed by atoms with Gasteiger partial charge in [-0.1, -0.05) is 25.5 Å². The zero-order chi connectivity index (χ0) is 16.9. The second kappa shape index (κ2) is 7.94. The van der Waals surface area contributed by atoms with Crippen LogP contribution in [0.25, 0.3) is 0 Å². The summed E-state index contributed by atoms with van der Waals surface area (Å²) in [7, 11) is -3.72. The first-order chi connectivity index (χ1) is 10.9. The first kappa shape index (κ1) is 18.0. The average Bonchev–Trinajstić information content (AvgIpc) is 2.95. The maximum atomic E-state index is 12.4. The highest BCUT2D eigenvalue weighted by Crippen LogP contribution is 2.28. The molecular formula is C15H17BrN2O3S2. The lowest BCUT2D eigenvalue weighted by atomic mass is 10.1. The normalized spacial score (nSPS) is 11.2. The lowest BCUT2D eigenvalue weighted by Gasteiger charge is -2.11. The molecule has 2 N–H and O–H groups in total. The Bertz CT molecular complexity index is 788. The van der Waals surface area contributed by atoms with Crippen LogP contribution in [0.5, 0.6) is 0 Å². The maximum Gasteiger partial charge on any atom is 0.271 e. The van der Waals surface area contributed by atoms with Crippen LogP contribution in [0.2, 0.25) is 0 Å². The summed E-state index contributed by atoms with van der Waals surface area (Å²) in [6.07, 6.45) is 1.85. The number of carbonyl (C=O) groups is 1. The van der Waals surface area contributed by atoms with E-state index in [1.165, 1.54) is 6.07 Å². The van der Waals surface area contributed by atoms with Gasteiger partial charge in [-0.15, -0.1) is 11.3 Å². The number of amides is 1. The first-order valence-corrected chi connectivity index (χ1v) is 10.2. The number of hydrogen-bond acceptors (Lipinski definition) is 4. The van der Waals surface area contributed by atoms with E-state index in [1.54, 1.807) is 30.3 Å². The predicted octanol–water partition coefficient (Wildman–Crippen LogP) is 3.84. The number of thiophene rings is 1. The monoisotopic (exact) mass is 416 g/mol. The van der Waals surface area contributed by atoms with Crippen molar-refractivity contribution in [1.29, 1.82) is 0 Å². The van der Waals surface area contributed by atoms with E-state index in [9.17, 15) is 13.2 Å². The summed E-state index contributed by atoms with van der Waals surface area (Å²) < 4.78 is 28.2. The minimum atomic E-state index is -3.72. The summed E-state index contributed by atoms with van der Waals surface area (Å²) in [6.45, 7) is 2.60. The van der Waals surface area contributed by atoms with Crippen LogP contribution in [0, 0.1) is 0 Å². The van der Waals surface area contributed by atoms with Crippen molar-refractivity contribution in [3.05, 3.63) is 45.7 Å². The van der Waals surface area contributed by atoms with E-state index in [-0.39, 0.29) is 15.8 Å². The molecule has 0 saturated carbocycles. The summed E-state index contributed by atoms with van der Waals surface area (Å²) in [6, 6.07) is 9.75. The lowest BCUT2D eigenvalue weighted by Crippen LogP contribution is -2.26. The third kappa shape index (κ3) is 4.79. The van der Waals surface area contributed by atoms with E-state index in [4.69, 9.17) is 0 Å². The molecule has 124 valence electrons. The first-order valence-electron chi connectivity index (χ1n) is 7.09. The molecule has 8 heteroatoms. The zero-order valence-corrected chi connectivity index (χ0v) is 15.7. The number of halogens is 1. The fourth-order valence-corrected chi connectivity index (χ4v) is 4.97. The number of sulfonamides is 1. The number of anilines is 1. The molecule has 0 aliphatic heterocycles. The molecule has 0 aliphatic rings. The third-order valence-electron chi connectivity index (χ3n) is 3.05. The van der Waals surface area contributed by atoms with Crippen LogP contribution in [0.1, 0.15) is 30.1 Å². The van der Waals surface area contributed by atoms with Gasteiger partial charge in [-0.05, 0) is 46.6 Å². The molecule has 0 unspecified atom stereocenters. The summed E-state index contributed by atoms with van der Waals surface area (Å²) in [5.74, 6) is -0.288. The van der Waals surface area contributed by atoms with Crippen LogP contribution in [0.15, 0.2) is 44.4 Å². The van der Waals surface area contributed by atoms with Crippen molar-refractivity contribution < 1.29 is 13.2 Å². The molecule has 0 spiro atoms. The average molecular weight is 417 g/mol. The topological polar surface area (TPSA) is 75.3 Å². The fraction of sp³-hybridized carbons (Fsp3) is 0.267. The fourth-order valence-electron chi connectivity index (χ4n) is 1.88. The molecule has 1 amide bonds. The second-order valence-corrected chi connectivity index (χ2v) is 9.19. The van der Waals surface area contributed by atoms with Crippen LogP contribution in [0.4, 0.5) is 5.69 Å². The summed E-state index contributed by atoms with van der Waals surface area (Å²) >= 11 is 4.36. The quantitative estimate of drug-likeness (QED) is 0.673. The van der Waals surface area contributed by atoms with Crippen molar-refractivity contribution >= 4 is 48.9 Å². The highest BCUT2D eigenvalue weighted by Gasteiger charge is 2.20. The van der Waals surface area contributed by atoms with Crippen LogP contribution in [0.3, 0.4) is 0 Å². The van der Waals surface area contributed by atoms with Crippen molar-refractivity contribution in [2.24, 2.45) is 0 Å². The summed E-state index contributed by atoms with van der Waals surface area (Å²) in [5, 5.41) is 2.79. The van der Waals surface area contributed by atoms with Gasteiger partial charge < -0.3 is 5.32 Å². The zero-order valence-electron chi connectivity index (χ0n) is 12.5. The number of carbonyl (C=O) groups excluding carboxylic acids is 1. The van der Waals surface area contributed by atoms with Gasteiger partial charge in [0.15, 0.2) is 0 Å². The van der Waals surface area contributed by atoms with Crippen molar-refractivity contribution in [1.82, 2.24) is 5.32 Å². The highest BCUT2D eigenvalue weighted by atomic mass is 79.9. The molecule has 2 aromatic rings. The standard InChI is InChI=1S/C15H17BrN2O3S2/c1-2-3-10-17-15(19)11-6-4-5-7-12(11)18-23(20,21)14-9-8-13(16)22-14/h4-9,18H,2-3,10H2,1H3,(H,17,19). The van der Waals surface area contributed by atoms with Gasteiger partial charge in [0.25, 0.3) is 15.9 Å². The predicted molar refractivity (Wildman–Crippen MR) is 96.5 cm³/mol. The molecule has 0 atom stereocenters. The molecule has 0 saturated heterocycles. The number of rotatable bonds is 7. The lowest BCUT2D eigenvalue weighted by molar-refractivity contribution is 0.0954. The van der Waals surface area contributed by atoms with Crippen LogP contribution in [-0.2, 0) is 10.0 Å². The molecule has 1 aromatic carbocycles. The molecule has 5 nitrogen and oxygen atoms in total. The van der Waals surface area contributed by atoms with Crippen molar-refractivity contribution in [2.45, 2.75) is 24.0 Å². The van der Waals surface area contributed by atoms with E-state index in [0.29, 0.717) is 12.1 Å². The van der Waals surface area contributed by atoms with Crippen molar-refractivity contribution in [2.75, 3.05) is 11.3 Å². The van der Waals surface area contributed by atoms with Gasteiger partial charge in [-0.3, -0.25) is 9.52 Å². The van der Waals surface area contributed by atoms with Crippen LogP contribution >= 0.6 is 27.3 Å². The van der Waals surface area contributed by atoms with E-state index < -0.39 is 10.0 Å². The molecule has 1 heterocycles. The Morgan fingerprint density at radius 1 is 1.22 bits per heavy atom. The minimum Gasteiger partial charge on any atom is -0.352 e. The molecule has 0 fully saturated rings. The van der Waals surface area contributed by atoms with Gasteiger partial charge in [0.05, 0.1) is 15.0 Å². The molecule has 1 aromatic heterocycles. The Kier molecular flexibility index (Phi) is 6.20. The number of unbranched alkanes of at least 4 members (excludes halogenated alkanes) is 1. The van der Waals surface area contributed by atoms with Crippen LogP contribution < -0.4 is 10.0 Å². The molecule has 0 bridgehead atoms. The largest absolute Gasteiger partial charge is 0.352 e. The van der Waals surface area contributed by atoms with E-state index in [0.717, 1.165) is 28.0 Å². The van der Waals surface area contributed by atoms with Gasteiger partial charge in [0, 0.05) is 6.54 Å². The molecule has 0 radical (unpaired) electrons. The Balaban J connectivity index is 2.22. The Labute approximate surface area is 148 Å². The molecule has 23 heavy (non-hydrogen) atoms. The van der Waals surface area contributed by atoms with E-state index >= 15 is 0 Å².